The number of aromatic amines is 1. The first-order valence-electron chi connectivity index (χ1n) is 8.55. The van der Waals surface area contributed by atoms with Crippen molar-refractivity contribution >= 4 is 28.5 Å². The molecule has 0 spiro atoms. The topological polar surface area (TPSA) is 66.8 Å². The van der Waals surface area contributed by atoms with Crippen LogP contribution in [0.1, 0.15) is 5.82 Å². The van der Waals surface area contributed by atoms with Crippen LogP contribution in [0.15, 0.2) is 60.9 Å². The Morgan fingerprint density at radius 1 is 1.22 bits per heavy atom. The fourth-order valence-electron chi connectivity index (χ4n) is 2.97. The Kier molecular flexibility index (Phi) is 4.64. The van der Waals surface area contributed by atoms with Gasteiger partial charge in [-0.15, -0.1) is 0 Å². The number of halogens is 1. The van der Waals surface area contributed by atoms with Crippen molar-refractivity contribution in [3.63, 3.8) is 0 Å². The number of carbonyl (C=O) groups is 1. The number of benzene rings is 2. The van der Waals surface area contributed by atoms with E-state index in [4.69, 9.17) is 11.6 Å². The van der Waals surface area contributed by atoms with E-state index < -0.39 is 0 Å². The highest BCUT2D eigenvalue weighted by Crippen LogP contribution is 2.19. The molecule has 0 radical (unpaired) electrons. The Morgan fingerprint density at radius 2 is 2.04 bits per heavy atom. The number of aromatic nitrogens is 4. The molecule has 0 bridgehead atoms. The van der Waals surface area contributed by atoms with E-state index in [1.54, 1.807) is 24.2 Å². The first kappa shape index (κ1) is 17.3. The molecule has 0 aliphatic carbocycles. The van der Waals surface area contributed by atoms with Gasteiger partial charge in [0.15, 0.2) is 0 Å². The van der Waals surface area contributed by atoms with Crippen molar-refractivity contribution in [2.24, 2.45) is 0 Å². The average molecular weight is 380 g/mol. The zero-order valence-corrected chi connectivity index (χ0v) is 15.5. The summed E-state index contributed by atoms with van der Waals surface area (Å²) in [5.74, 6) is 1.47. The number of rotatable bonds is 5. The van der Waals surface area contributed by atoms with E-state index in [1.807, 2.05) is 53.2 Å². The van der Waals surface area contributed by atoms with Crippen LogP contribution in [0.5, 0.6) is 0 Å². The fourth-order valence-corrected chi connectivity index (χ4v) is 3.15. The molecule has 4 rings (SSSR count). The summed E-state index contributed by atoms with van der Waals surface area (Å²) < 4.78 is 1.85. The summed E-state index contributed by atoms with van der Waals surface area (Å²) in [7, 11) is 1.77. The molecule has 27 heavy (non-hydrogen) atoms. The molecule has 2 aromatic heterocycles. The number of nitrogens with zero attached hydrogens (tertiary/aromatic N) is 4. The third kappa shape index (κ3) is 3.71. The minimum Gasteiger partial charge on any atom is -0.340 e. The number of hydrogen-bond acceptors (Lipinski definition) is 3. The van der Waals surface area contributed by atoms with Crippen LogP contribution >= 0.6 is 11.6 Å². The quantitative estimate of drug-likeness (QED) is 0.574. The molecule has 0 aliphatic rings. The van der Waals surface area contributed by atoms with Gasteiger partial charge < -0.3 is 14.5 Å². The van der Waals surface area contributed by atoms with Crippen LogP contribution in [0.4, 0.5) is 0 Å². The molecule has 4 aromatic rings. The number of fused-ring (bicyclic) bond motifs is 1. The summed E-state index contributed by atoms with van der Waals surface area (Å²) in [4.78, 5) is 26.4. The molecule has 0 saturated carbocycles. The van der Waals surface area contributed by atoms with Crippen molar-refractivity contribution in [2.45, 2.75) is 13.1 Å². The number of hydrogen-bond donors (Lipinski definition) is 1. The maximum Gasteiger partial charge on any atom is 0.242 e. The second-order valence-corrected chi connectivity index (χ2v) is 6.78. The number of carbonyl (C=O) groups excluding carboxylic acids is 1. The zero-order valence-electron chi connectivity index (χ0n) is 14.8. The molecule has 1 amide bonds. The fraction of sp³-hybridized carbons (Fsp3) is 0.150. The van der Waals surface area contributed by atoms with Crippen molar-refractivity contribution < 1.29 is 4.79 Å². The molecule has 1 N–H and O–H groups in total. The van der Waals surface area contributed by atoms with Gasteiger partial charge in [-0.25, -0.2) is 9.97 Å². The van der Waals surface area contributed by atoms with E-state index in [1.165, 1.54) is 0 Å². The maximum atomic E-state index is 12.7. The molecule has 0 aliphatic heterocycles. The van der Waals surface area contributed by atoms with E-state index in [2.05, 4.69) is 15.0 Å². The Labute approximate surface area is 161 Å². The summed E-state index contributed by atoms with van der Waals surface area (Å²) in [6, 6.07) is 15.3. The van der Waals surface area contributed by atoms with Crippen LogP contribution in [0.3, 0.4) is 0 Å². The molecule has 0 unspecified atom stereocenters. The first-order valence-corrected chi connectivity index (χ1v) is 8.92. The zero-order chi connectivity index (χ0) is 18.8. The molecular weight excluding hydrogens is 362 g/mol. The molecule has 0 fully saturated rings. The number of likely N-dealkylation sites (N-methyl/N-ethyl adjacent to an activating group) is 1. The lowest BCUT2D eigenvalue weighted by Gasteiger charge is -2.17. The third-order valence-corrected chi connectivity index (χ3v) is 4.59. The molecular formula is C20H18ClN5O. The van der Waals surface area contributed by atoms with E-state index >= 15 is 0 Å². The van der Waals surface area contributed by atoms with Gasteiger partial charge in [-0.05, 0) is 18.2 Å². The summed E-state index contributed by atoms with van der Waals surface area (Å²) in [6.07, 6.45) is 3.52. The maximum absolute atomic E-state index is 12.7. The number of amides is 1. The van der Waals surface area contributed by atoms with Gasteiger partial charge in [0.05, 0.1) is 17.6 Å². The molecule has 2 heterocycles. The third-order valence-electron chi connectivity index (χ3n) is 4.36. The monoisotopic (exact) mass is 379 g/mol. The van der Waals surface area contributed by atoms with Crippen molar-refractivity contribution in [3.8, 4) is 11.4 Å². The predicted octanol–water partition coefficient (Wildman–Crippen LogP) is 3.74. The van der Waals surface area contributed by atoms with Crippen molar-refractivity contribution in [1.29, 1.82) is 0 Å². The van der Waals surface area contributed by atoms with Crippen molar-refractivity contribution in [1.82, 2.24) is 24.4 Å². The van der Waals surface area contributed by atoms with Gasteiger partial charge >= 0.3 is 0 Å². The highest BCUT2D eigenvalue weighted by Gasteiger charge is 2.15. The molecule has 6 nitrogen and oxygen atoms in total. The summed E-state index contributed by atoms with van der Waals surface area (Å²) >= 11 is 6.01. The van der Waals surface area contributed by atoms with Gasteiger partial charge in [0, 0.05) is 30.0 Å². The number of nitrogens with one attached hydrogen (secondary N) is 1. The van der Waals surface area contributed by atoms with Gasteiger partial charge in [-0.2, -0.15) is 0 Å². The van der Waals surface area contributed by atoms with Crippen LogP contribution in [0.2, 0.25) is 5.02 Å². The van der Waals surface area contributed by atoms with Crippen LogP contribution < -0.4 is 0 Å². The summed E-state index contributed by atoms with van der Waals surface area (Å²) in [6.45, 7) is 0.604. The van der Waals surface area contributed by atoms with Gasteiger partial charge in [-0.1, -0.05) is 41.9 Å². The number of imidazole rings is 2. The smallest absolute Gasteiger partial charge is 0.242 e. The predicted molar refractivity (Wildman–Crippen MR) is 105 cm³/mol. The largest absolute Gasteiger partial charge is 0.340 e. The standard InChI is InChI=1S/C20H18ClN5O/c1-25(12-18-23-16-8-7-15(21)11-17(16)24-18)19(27)13-26-10-9-22-20(26)14-5-3-2-4-6-14/h2-11H,12-13H2,1H3,(H,23,24). The highest BCUT2D eigenvalue weighted by molar-refractivity contribution is 6.31. The summed E-state index contributed by atoms with van der Waals surface area (Å²) in [5.41, 5.74) is 2.67. The Hall–Kier alpha value is -3.12. The van der Waals surface area contributed by atoms with Crippen LogP contribution in [-0.4, -0.2) is 37.4 Å². The van der Waals surface area contributed by atoms with Crippen LogP contribution in [0, 0.1) is 0 Å². The van der Waals surface area contributed by atoms with E-state index in [0.29, 0.717) is 11.6 Å². The second-order valence-electron chi connectivity index (χ2n) is 6.34. The Balaban J connectivity index is 1.47. The Bertz CT molecular complexity index is 1090. The van der Waals surface area contributed by atoms with Gasteiger partial charge in [0.1, 0.15) is 18.2 Å². The lowest BCUT2D eigenvalue weighted by molar-refractivity contribution is -0.131. The van der Waals surface area contributed by atoms with Gasteiger partial charge in [-0.3, -0.25) is 4.79 Å². The SMILES string of the molecule is CN(Cc1nc2ccc(Cl)cc2[nH]1)C(=O)Cn1ccnc1-c1ccccc1. The number of H-pyrrole nitrogens is 1. The van der Waals surface area contributed by atoms with E-state index in [0.717, 1.165) is 28.2 Å². The van der Waals surface area contributed by atoms with Crippen LogP contribution in [0.25, 0.3) is 22.4 Å². The van der Waals surface area contributed by atoms with Crippen molar-refractivity contribution in [2.75, 3.05) is 7.05 Å². The lowest BCUT2D eigenvalue weighted by atomic mass is 10.2. The Morgan fingerprint density at radius 3 is 2.85 bits per heavy atom. The van der Waals surface area contributed by atoms with Gasteiger partial charge in [0.2, 0.25) is 5.91 Å². The molecule has 7 heteroatoms. The first-order chi connectivity index (χ1) is 13.1. The van der Waals surface area contributed by atoms with Crippen molar-refractivity contribution in [3.05, 3.63) is 71.8 Å². The molecule has 2 aromatic carbocycles. The highest BCUT2D eigenvalue weighted by atomic mass is 35.5. The molecule has 136 valence electrons. The van der Waals surface area contributed by atoms with Gasteiger partial charge in [0.25, 0.3) is 0 Å². The average Bonchev–Trinajstić information content (AvgIpc) is 3.28. The minimum atomic E-state index is -0.0244. The minimum absolute atomic E-state index is 0.0244. The normalized spacial score (nSPS) is 11.0. The second kappa shape index (κ2) is 7.25. The molecule has 0 atom stereocenters. The summed E-state index contributed by atoms with van der Waals surface area (Å²) in [5, 5.41) is 0.649. The van der Waals surface area contributed by atoms with Crippen LogP contribution in [-0.2, 0) is 17.9 Å². The van der Waals surface area contributed by atoms with E-state index in [9.17, 15) is 4.79 Å². The molecule has 0 saturated heterocycles. The van der Waals surface area contributed by atoms with E-state index in [-0.39, 0.29) is 12.5 Å². The lowest BCUT2D eigenvalue weighted by Crippen LogP contribution is -2.30.